The zero-order valence-electron chi connectivity index (χ0n) is 12.8. The molecule has 0 aliphatic heterocycles. The summed E-state index contributed by atoms with van der Waals surface area (Å²) in [5.41, 5.74) is 6.87. The molecule has 0 aromatic heterocycles. The van der Waals surface area contributed by atoms with Gasteiger partial charge in [-0.3, -0.25) is 9.59 Å². The lowest BCUT2D eigenvalue weighted by Crippen LogP contribution is -2.17. The number of nitrogens with one attached hydrogen (secondary N) is 2. The van der Waals surface area contributed by atoms with E-state index in [0.29, 0.717) is 13.0 Å². The van der Waals surface area contributed by atoms with Crippen molar-refractivity contribution in [2.45, 2.75) is 39.5 Å². The van der Waals surface area contributed by atoms with Crippen molar-refractivity contribution in [3.8, 4) is 0 Å². The Hall–Kier alpha value is -1.88. The van der Waals surface area contributed by atoms with Crippen LogP contribution in [0, 0.1) is 5.92 Å². The zero-order valence-corrected chi connectivity index (χ0v) is 12.8. The van der Waals surface area contributed by atoms with Crippen molar-refractivity contribution in [3.63, 3.8) is 0 Å². The summed E-state index contributed by atoms with van der Waals surface area (Å²) in [6.07, 6.45) is 3.29. The molecule has 0 aliphatic carbocycles. The van der Waals surface area contributed by atoms with Gasteiger partial charge in [-0.1, -0.05) is 20.3 Å². The van der Waals surface area contributed by atoms with Gasteiger partial charge in [0.2, 0.25) is 11.8 Å². The Bertz CT molecular complexity index is 455. The van der Waals surface area contributed by atoms with Crippen LogP contribution in [0.1, 0.15) is 39.5 Å². The Balaban J connectivity index is 2.40. The molecular weight excluding hydrogens is 266 g/mol. The van der Waals surface area contributed by atoms with E-state index in [9.17, 15) is 9.59 Å². The van der Waals surface area contributed by atoms with E-state index in [2.05, 4.69) is 10.6 Å². The summed E-state index contributed by atoms with van der Waals surface area (Å²) in [4.78, 5) is 23.3. The summed E-state index contributed by atoms with van der Waals surface area (Å²) in [5.74, 6) is -0.0735. The third kappa shape index (κ3) is 6.90. The van der Waals surface area contributed by atoms with Crippen molar-refractivity contribution in [1.29, 1.82) is 0 Å². The lowest BCUT2D eigenvalue weighted by molar-refractivity contribution is -0.119. The number of benzene rings is 1. The van der Waals surface area contributed by atoms with E-state index in [0.717, 1.165) is 30.6 Å². The summed E-state index contributed by atoms with van der Waals surface area (Å²) < 4.78 is 0. The average Bonchev–Trinajstić information content (AvgIpc) is 2.45. The number of unbranched alkanes of at least 4 members (excludes halogenated alkanes) is 2. The number of nitrogens with two attached hydrogens (primary N) is 1. The Morgan fingerprint density at radius 3 is 2.10 bits per heavy atom. The molecule has 0 spiro atoms. The van der Waals surface area contributed by atoms with E-state index in [1.807, 2.05) is 13.8 Å². The first-order valence-corrected chi connectivity index (χ1v) is 7.43. The standard InChI is InChI=1S/C16H25N3O2/c1-12(2)16(21)19-14-9-7-13(8-10-14)18-15(20)6-4-3-5-11-17/h7-10,12H,3-6,11,17H2,1-2H3,(H,18,20)(H,19,21). The first-order valence-electron chi connectivity index (χ1n) is 7.43. The molecule has 2 amide bonds. The Morgan fingerprint density at radius 1 is 1.00 bits per heavy atom. The fourth-order valence-electron chi connectivity index (χ4n) is 1.75. The zero-order chi connectivity index (χ0) is 15.7. The molecule has 0 unspecified atom stereocenters. The van der Waals surface area contributed by atoms with Gasteiger partial charge in [0, 0.05) is 23.7 Å². The molecule has 21 heavy (non-hydrogen) atoms. The number of carbonyl (C=O) groups excluding carboxylic acids is 2. The molecule has 1 aromatic carbocycles. The molecule has 4 N–H and O–H groups in total. The monoisotopic (exact) mass is 291 g/mol. The molecule has 0 heterocycles. The van der Waals surface area contributed by atoms with Gasteiger partial charge in [-0.25, -0.2) is 0 Å². The number of carbonyl (C=O) groups is 2. The SMILES string of the molecule is CC(C)C(=O)Nc1ccc(NC(=O)CCCCCN)cc1. The molecule has 0 saturated carbocycles. The summed E-state index contributed by atoms with van der Waals surface area (Å²) in [7, 11) is 0. The molecule has 0 radical (unpaired) electrons. The number of amides is 2. The normalized spacial score (nSPS) is 10.5. The third-order valence-corrected chi connectivity index (χ3v) is 3.07. The lowest BCUT2D eigenvalue weighted by Gasteiger charge is -2.09. The summed E-state index contributed by atoms with van der Waals surface area (Å²) in [6, 6.07) is 7.13. The van der Waals surface area contributed by atoms with Crippen LogP contribution in [0.2, 0.25) is 0 Å². The predicted molar refractivity (Wildman–Crippen MR) is 86.1 cm³/mol. The van der Waals surface area contributed by atoms with Gasteiger partial charge in [0.15, 0.2) is 0 Å². The molecular formula is C16H25N3O2. The molecule has 0 saturated heterocycles. The van der Waals surface area contributed by atoms with E-state index >= 15 is 0 Å². The van der Waals surface area contributed by atoms with E-state index in [1.54, 1.807) is 24.3 Å². The molecule has 1 aromatic rings. The van der Waals surface area contributed by atoms with Crippen LogP contribution in [0.15, 0.2) is 24.3 Å². The maximum atomic E-state index is 11.7. The quantitative estimate of drug-likeness (QED) is 0.644. The highest BCUT2D eigenvalue weighted by atomic mass is 16.2. The van der Waals surface area contributed by atoms with Crippen LogP contribution >= 0.6 is 0 Å². The lowest BCUT2D eigenvalue weighted by atomic mass is 10.2. The number of anilines is 2. The highest BCUT2D eigenvalue weighted by Gasteiger charge is 2.07. The third-order valence-electron chi connectivity index (χ3n) is 3.07. The molecule has 0 bridgehead atoms. The fraction of sp³-hybridized carbons (Fsp3) is 0.500. The smallest absolute Gasteiger partial charge is 0.226 e. The summed E-state index contributed by atoms with van der Waals surface area (Å²) in [6.45, 7) is 4.36. The number of hydrogen-bond acceptors (Lipinski definition) is 3. The van der Waals surface area contributed by atoms with Crippen LogP contribution < -0.4 is 16.4 Å². The first kappa shape index (κ1) is 17.2. The Kier molecular flexibility index (Phi) is 7.46. The minimum absolute atomic E-state index is 0.00554. The van der Waals surface area contributed by atoms with Crippen LogP contribution in [0.5, 0.6) is 0 Å². The van der Waals surface area contributed by atoms with Gasteiger partial charge in [-0.2, -0.15) is 0 Å². The van der Waals surface area contributed by atoms with Crippen molar-refractivity contribution < 1.29 is 9.59 Å². The maximum Gasteiger partial charge on any atom is 0.226 e. The largest absolute Gasteiger partial charge is 0.330 e. The van der Waals surface area contributed by atoms with Crippen molar-refractivity contribution in [2.75, 3.05) is 17.2 Å². The van der Waals surface area contributed by atoms with Crippen molar-refractivity contribution in [3.05, 3.63) is 24.3 Å². The highest BCUT2D eigenvalue weighted by Crippen LogP contribution is 2.15. The average molecular weight is 291 g/mol. The first-order chi connectivity index (χ1) is 10.0. The van der Waals surface area contributed by atoms with Gasteiger partial charge < -0.3 is 16.4 Å². The summed E-state index contributed by atoms with van der Waals surface area (Å²) in [5, 5.41) is 5.65. The van der Waals surface area contributed by atoms with Crippen molar-refractivity contribution in [2.24, 2.45) is 11.7 Å². The van der Waals surface area contributed by atoms with Gasteiger partial charge in [0.1, 0.15) is 0 Å². The topological polar surface area (TPSA) is 84.2 Å². The second-order valence-electron chi connectivity index (χ2n) is 5.37. The number of rotatable bonds is 8. The van der Waals surface area contributed by atoms with E-state index in [1.165, 1.54) is 0 Å². The van der Waals surface area contributed by atoms with Gasteiger partial charge in [-0.15, -0.1) is 0 Å². The Labute approximate surface area is 126 Å². The fourth-order valence-corrected chi connectivity index (χ4v) is 1.75. The second-order valence-corrected chi connectivity index (χ2v) is 5.37. The van der Waals surface area contributed by atoms with E-state index in [4.69, 9.17) is 5.73 Å². The summed E-state index contributed by atoms with van der Waals surface area (Å²) >= 11 is 0. The predicted octanol–water partition coefficient (Wildman–Crippen LogP) is 2.74. The van der Waals surface area contributed by atoms with Gasteiger partial charge in [0.05, 0.1) is 0 Å². The van der Waals surface area contributed by atoms with Crippen LogP contribution in [-0.2, 0) is 9.59 Å². The molecule has 0 fully saturated rings. The highest BCUT2D eigenvalue weighted by molar-refractivity contribution is 5.93. The van der Waals surface area contributed by atoms with Crippen LogP contribution in [-0.4, -0.2) is 18.4 Å². The van der Waals surface area contributed by atoms with Crippen LogP contribution in [0.4, 0.5) is 11.4 Å². The van der Waals surface area contributed by atoms with Crippen molar-refractivity contribution >= 4 is 23.2 Å². The molecule has 0 atom stereocenters. The van der Waals surface area contributed by atoms with Gasteiger partial charge in [0.25, 0.3) is 0 Å². The van der Waals surface area contributed by atoms with Crippen LogP contribution in [0.3, 0.4) is 0 Å². The van der Waals surface area contributed by atoms with E-state index in [-0.39, 0.29) is 17.7 Å². The minimum atomic E-state index is -0.0575. The van der Waals surface area contributed by atoms with E-state index < -0.39 is 0 Å². The Morgan fingerprint density at radius 2 is 1.57 bits per heavy atom. The number of hydrogen-bond donors (Lipinski definition) is 3. The molecule has 0 aliphatic rings. The molecule has 5 heteroatoms. The minimum Gasteiger partial charge on any atom is -0.330 e. The van der Waals surface area contributed by atoms with Gasteiger partial charge >= 0.3 is 0 Å². The molecule has 116 valence electrons. The van der Waals surface area contributed by atoms with Crippen LogP contribution in [0.25, 0.3) is 0 Å². The van der Waals surface area contributed by atoms with Gasteiger partial charge in [-0.05, 0) is 43.7 Å². The second kappa shape index (κ2) is 9.13. The maximum absolute atomic E-state index is 11.7. The molecule has 1 rings (SSSR count). The van der Waals surface area contributed by atoms with Crippen molar-refractivity contribution in [1.82, 2.24) is 0 Å². The molecule has 5 nitrogen and oxygen atoms in total.